The zero-order chi connectivity index (χ0) is 15.0. The maximum absolute atomic E-state index is 13.5. The zero-order valence-electron chi connectivity index (χ0n) is 10.0. The molecule has 1 aromatic carbocycles. The number of nitrogens with one attached hydrogen (secondary N) is 1. The predicted octanol–water partition coefficient (Wildman–Crippen LogP) is 0.762. The summed E-state index contributed by atoms with van der Waals surface area (Å²) in [4.78, 5) is -0.782. The summed E-state index contributed by atoms with van der Waals surface area (Å²) in [5.74, 6) is -2.73. The number of rotatable bonds is 4. The van der Waals surface area contributed by atoms with Crippen molar-refractivity contribution in [3.8, 4) is 0 Å². The van der Waals surface area contributed by atoms with Gasteiger partial charge >= 0.3 is 0 Å². The molecule has 0 heterocycles. The third-order valence-electron chi connectivity index (χ3n) is 2.21. The number of nitrogens with two attached hydrogens (primary N) is 1. The summed E-state index contributed by atoms with van der Waals surface area (Å²) in [6.07, 6.45) is 0. The number of sulfonamides is 2. The molecule has 6 nitrogen and oxygen atoms in total. The van der Waals surface area contributed by atoms with Crippen LogP contribution in [0.15, 0.2) is 17.0 Å². The van der Waals surface area contributed by atoms with Crippen LogP contribution in [0.1, 0.15) is 13.8 Å². The lowest BCUT2D eigenvalue weighted by Gasteiger charge is -2.12. The van der Waals surface area contributed by atoms with Gasteiger partial charge in [0.1, 0.15) is 5.69 Å². The number of anilines is 1. The van der Waals surface area contributed by atoms with Gasteiger partial charge in [-0.3, -0.25) is 4.72 Å². The Balaban J connectivity index is 3.35. The van der Waals surface area contributed by atoms with Gasteiger partial charge in [-0.25, -0.2) is 30.8 Å². The monoisotopic (exact) mass is 314 g/mol. The van der Waals surface area contributed by atoms with Crippen molar-refractivity contribution in [2.75, 3.05) is 4.72 Å². The second kappa shape index (κ2) is 5.02. The summed E-state index contributed by atoms with van der Waals surface area (Å²) < 4.78 is 73.7. The van der Waals surface area contributed by atoms with Crippen LogP contribution in [-0.2, 0) is 20.0 Å². The van der Waals surface area contributed by atoms with E-state index in [4.69, 9.17) is 5.14 Å². The lowest BCUT2D eigenvalue weighted by molar-refractivity contribution is 0.569. The summed E-state index contributed by atoms with van der Waals surface area (Å²) in [6.45, 7) is 2.63. The predicted molar refractivity (Wildman–Crippen MR) is 65.4 cm³/mol. The van der Waals surface area contributed by atoms with Gasteiger partial charge < -0.3 is 0 Å². The molecule has 0 bridgehead atoms. The van der Waals surface area contributed by atoms with E-state index in [1.807, 2.05) is 0 Å². The first-order chi connectivity index (χ1) is 8.45. The second-order valence-corrected chi connectivity index (χ2v) is 7.80. The fraction of sp³-hybridized carbons (Fsp3) is 0.333. The van der Waals surface area contributed by atoms with E-state index in [9.17, 15) is 25.6 Å². The van der Waals surface area contributed by atoms with Crippen molar-refractivity contribution in [2.24, 2.45) is 5.14 Å². The van der Waals surface area contributed by atoms with Crippen LogP contribution >= 0.6 is 0 Å². The van der Waals surface area contributed by atoms with Gasteiger partial charge in [-0.1, -0.05) is 0 Å². The standard InChI is InChI=1S/C9H12F2N2O4S2/c1-5(2)19(16,17)13-9-7(10)3-6(4-8(9)11)18(12,14)15/h3-5,13H,1-2H3,(H2,12,14,15). The minimum atomic E-state index is -4.28. The van der Waals surface area contributed by atoms with E-state index in [0.717, 1.165) is 0 Å². The molecule has 0 fully saturated rings. The Morgan fingerprint density at radius 1 is 1.11 bits per heavy atom. The van der Waals surface area contributed by atoms with E-state index in [0.29, 0.717) is 12.1 Å². The molecule has 0 unspecified atom stereocenters. The molecule has 10 heteroatoms. The highest BCUT2D eigenvalue weighted by molar-refractivity contribution is 7.93. The van der Waals surface area contributed by atoms with Gasteiger partial charge in [0.05, 0.1) is 10.1 Å². The molecule has 0 amide bonds. The van der Waals surface area contributed by atoms with Crippen LogP contribution in [0.3, 0.4) is 0 Å². The molecule has 0 aliphatic carbocycles. The molecule has 0 aliphatic heterocycles. The molecule has 0 saturated carbocycles. The van der Waals surface area contributed by atoms with Crippen LogP contribution in [0.4, 0.5) is 14.5 Å². The maximum atomic E-state index is 13.5. The average Bonchev–Trinajstić information content (AvgIpc) is 2.21. The number of halogens is 2. The number of primary sulfonamides is 1. The van der Waals surface area contributed by atoms with Crippen molar-refractivity contribution < 1.29 is 25.6 Å². The van der Waals surface area contributed by atoms with Gasteiger partial charge in [0.2, 0.25) is 20.0 Å². The summed E-state index contributed by atoms with van der Waals surface area (Å²) in [5, 5.41) is 3.81. The van der Waals surface area contributed by atoms with Crippen molar-refractivity contribution in [3.63, 3.8) is 0 Å². The quantitative estimate of drug-likeness (QED) is 0.855. The van der Waals surface area contributed by atoms with Gasteiger partial charge in [0.15, 0.2) is 11.6 Å². The molecule has 0 atom stereocenters. The fourth-order valence-electron chi connectivity index (χ4n) is 1.07. The normalized spacial score (nSPS) is 12.7. The van der Waals surface area contributed by atoms with Crippen molar-refractivity contribution in [2.45, 2.75) is 24.0 Å². The minimum Gasteiger partial charge on any atom is -0.278 e. The molecule has 0 aliphatic rings. The summed E-state index contributed by atoms with van der Waals surface area (Å²) in [5.41, 5.74) is -0.943. The Labute approximate surface area is 109 Å². The largest absolute Gasteiger partial charge is 0.278 e. The number of hydrogen-bond donors (Lipinski definition) is 2. The number of hydrogen-bond acceptors (Lipinski definition) is 4. The molecule has 0 aromatic heterocycles. The zero-order valence-corrected chi connectivity index (χ0v) is 11.6. The Morgan fingerprint density at radius 3 is 1.84 bits per heavy atom. The Hall–Kier alpha value is -1.26. The van der Waals surface area contributed by atoms with Gasteiger partial charge in [0.25, 0.3) is 0 Å². The van der Waals surface area contributed by atoms with Gasteiger partial charge in [0, 0.05) is 0 Å². The molecular formula is C9H12F2N2O4S2. The number of benzene rings is 1. The molecule has 1 aromatic rings. The SMILES string of the molecule is CC(C)S(=O)(=O)Nc1c(F)cc(S(N)(=O)=O)cc1F. The van der Waals surface area contributed by atoms with Crippen LogP contribution in [0.5, 0.6) is 0 Å². The van der Waals surface area contributed by atoms with Crippen LogP contribution in [0.2, 0.25) is 0 Å². The molecule has 0 radical (unpaired) electrons. The van der Waals surface area contributed by atoms with Crippen LogP contribution in [0.25, 0.3) is 0 Å². The fourth-order valence-corrected chi connectivity index (χ4v) is 2.32. The molecule has 3 N–H and O–H groups in total. The highest BCUT2D eigenvalue weighted by atomic mass is 32.2. The topological polar surface area (TPSA) is 106 Å². The second-order valence-electron chi connectivity index (χ2n) is 4.00. The van der Waals surface area contributed by atoms with E-state index < -0.39 is 47.5 Å². The average molecular weight is 314 g/mol. The van der Waals surface area contributed by atoms with E-state index in [-0.39, 0.29) is 0 Å². The van der Waals surface area contributed by atoms with Gasteiger partial charge in [-0.15, -0.1) is 0 Å². The third kappa shape index (κ3) is 3.61. The first-order valence-electron chi connectivity index (χ1n) is 4.98. The van der Waals surface area contributed by atoms with Crippen molar-refractivity contribution in [3.05, 3.63) is 23.8 Å². The Morgan fingerprint density at radius 2 is 1.53 bits per heavy atom. The molecular weight excluding hydrogens is 302 g/mol. The molecule has 0 saturated heterocycles. The van der Waals surface area contributed by atoms with Crippen molar-refractivity contribution >= 4 is 25.7 Å². The molecule has 19 heavy (non-hydrogen) atoms. The summed E-state index contributed by atoms with van der Waals surface area (Å²) in [7, 11) is -8.24. The lowest BCUT2D eigenvalue weighted by Crippen LogP contribution is -2.24. The van der Waals surface area contributed by atoms with Crippen LogP contribution in [0, 0.1) is 11.6 Å². The molecule has 0 spiro atoms. The van der Waals surface area contributed by atoms with Gasteiger partial charge in [-0.2, -0.15) is 0 Å². The van der Waals surface area contributed by atoms with Gasteiger partial charge in [-0.05, 0) is 26.0 Å². The highest BCUT2D eigenvalue weighted by Crippen LogP contribution is 2.24. The van der Waals surface area contributed by atoms with E-state index in [1.165, 1.54) is 13.8 Å². The molecule has 108 valence electrons. The van der Waals surface area contributed by atoms with E-state index in [2.05, 4.69) is 0 Å². The minimum absolute atomic E-state index is 0.441. The Bertz CT molecular complexity index is 676. The summed E-state index contributed by atoms with van der Waals surface area (Å²) >= 11 is 0. The van der Waals surface area contributed by atoms with Crippen LogP contribution < -0.4 is 9.86 Å². The smallest absolute Gasteiger partial charge is 0.238 e. The molecule has 1 rings (SSSR count). The Kier molecular flexibility index (Phi) is 4.17. The van der Waals surface area contributed by atoms with E-state index in [1.54, 1.807) is 4.72 Å². The maximum Gasteiger partial charge on any atom is 0.238 e. The van der Waals surface area contributed by atoms with Crippen LogP contribution in [-0.4, -0.2) is 22.1 Å². The van der Waals surface area contributed by atoms with Crippen molar-refractivity contribution in [1.29, 1.82) is 0 Å². The first-order valence-corrected chi connectivity index (χ1v) is 8.08. The third-order valence-corrected chi connectivity index (χ3v) is 4.83. The summed E-state index contributed by atoms with van der Waals surface area (Å²) in [6, 6.07) is 0.882. The van der Waals surface area contributed by atoms with Crippen molar-refractivity contribution in [1.82, 2.24) is 0 Å². The lowest BCUT2D eigenvalue weighted by atomic mass is 10.3. The van der Waals surface area contributed by atoms with E-state index >= 15 is 0 Å². The highest BCUT2D eigenvalue weighted by Gasteiger charge is 2.22. The first kappa shape index (κ1) is 15.8.